The van der Waals surface area contributed by atoms with Gasteiger partial charge in [-0.15, -0.1) is 0 Å². The highest BCUT2D eigenvalue weighted by Gasteiger charge is 2.29. The summed E-state index contributed by atoms with van der Waals surface area (Å²) in [5, 5.41) is 3.12. The second-order valence-electron chi connectivity index (χ2n) is 5.96. The van der Waals surface area contributed by atoms with Crippen LogP contribution in [0, 0.1) is 6.92 Å². The molecule has 2 aromatic rings. The summed E-state index contributed by atoms with van der Waals surface area (Å²) in [5.74, 6) is 0.735. The number of aromatic nitrogens is 3. The highest BCUT2D eigenvalue weighted by atomic mass is 16.1. The largest absolute Gasteiger partial charge is 0.368 e. The smallest absolute Gasteiger partial charge is 0.234 e. The Hall–Kier alpha value is -2.74. The topological polar surface area (TPSA) is 123 Å². The van der Waals surface area contributed by atoms with Gasteiger partial charge in [-0.1, -0.05) is 17.7 Å². The van der Waals surface area contributed by atoms with E-state index >= 15 is 0 Å². The van der Waals surface area contributed by atoms with Gasteiger partial charge in [0, 0.05) is 5.69 Å². The molecule has 0 aliphatic carbocycles. The van der Waals surface area contributed by atoms with Gasteiger partial charge in [-0.05, 0) is 38.4 Å². The van der Waals surface area contributed by atoms with Gasteiger partial charge in [0.25, 0.3) is 0 Å². The molecule has 24 heavy (non-hydrogen) atoms. The summed E-state index contributed by atoms with van der Waals surface area (Å²) < 4.78 is 0. The number of nitrogens with zero attached hydrogens (tertiary/aromatic N) is 4. The Bertz CT molecular complexity index is 732. The lowest BCUT2D eigenvalue weighted by molar-refractivity contribution is -0.122. The summed E-state index contributed by atoms with van der Waals surface area (Å²) in [6.07, 6.45) is 1.70. The molecule has 1 amide bonds. The standard InChI is InChI=1S/C16H21N7O/c1-10-4-6-11(7-5-10)19-16-21-13(20-15(18)22-16)9-23-8-2-3-12(23)14(17)24/h4-7,12H,2-3,8-9H2,1H3,(H2,17,24)(H3,18,19,20,21,22)/t12-/m1/s1. The minimum atomic E-state index is -0.312. The van der Waals surface area contributed by atoms with E-state index in [9.17, 15) is 4.79 Å². The number of hydrogen-bond acceptors (Lipinski definition) is 7. The van der Waals surface area contributed by atoms with Crippen molar-refractivity contribution in [3.8, 4) is 0 Å². The summed E-state index contributed by atoms with van der Waals surface area (Å²) in [4.78, 5) is 26.2. The van der Waals surface area contributed by atoms with Crippen LogP contribution in [-0.2, 0) is 11.3 Å². The number of anilines is 3. The fourth-order valence-electron chi connectivity index (χ4n) is 2.85. The van der Waals surface area contributed by atoms with E-state index < -0.39 is 0 Å². The van der Waals surface area contributed by atoms with E-state index in [1.165, 1.54) is 5.56 Å². The quantitative estimate of drug-likeness (QED) is 0.747. The van der Waals surface area contributed by atoms with Gasteiger partial charge in [0.05, 0.1) is 12.6 Å². The number of nitrogen functional groups attached to an aromatic ring is 1. The van der Waals surface area contributed by atoms with E-state index in [1.54, 1.807) is 0 Å². The van der Waals surface area contributed by atoms with Crippen molar-refractivity contribution in [2.75, 3.05) is 17.6 Å². The van der Waals surface area contributed by atoms with Gasteiger partial charge >= 0.3 is 0 Å². The van der Waals surface area contributed by atoms with E-state index in [-0.39, 0.29) is 17.9 Å². The Morgan fingerprint density at radius 1 is 1.29 bits per heavy atom. The molecule has 1 fully saturated rings. The maximum atomic E-state index is 11.5. The minimum absolute atomic E-state index is 0.143. The first-order chi connectivity index (χ1) is 11.5. The lowest BCUT2D eigenvalue weighted by Gasteiger charge is -2.20. The maximum Gasteiger partial charge on any atom is 0.234 e. The number of benzene rings is 1. The number of hydrogen-bond donors (Lipinski definition) is 3. The van der Waals surface area contributed by atoms with E-state index in [2.05, 4.69) is 20.3 Å². The zero-order chi connectivity index (χ0) is 17.1. The number of aryl methyl sites for hydroxylation is 1. The van der Waals surface area contributed by atoms with Crippen LogP contribution in [0.25, 0.3) is 0 Å². The number of amides is 1. The number of rotatable bonds is 5. The Morgan fingerprint density at radius 2 is 2.04 bits per heavy atom. The Morgan fingerprint density at radius 3 is 2.75 bits per heavy atom. The van der Waals surface area contributed by atoms with Crippen LogP contribution < -0.4 is 16.8 Å². The maximum absolute atomic E-state index is 11.5. The molecule has 1 saturated heterocycles. The molecule has 5 N–H and O–H groups in total. The molecule has 1 aromatic heterocycles. The molecule has 1 aliphatic heterocycles. The molecule has 3 rings (SSSR count). The van der Waals surface area contributed by atoms with E-state index in [0.717, 1.165) is 25.1 Å². The number of carbonyl (C=O) groups is 1. The highest BCUT2D eigenvalue weighted by Crippen LogP contribution is 2.20. The van der Waals surface area contributed by atoms with E-state index in [4.69, 9.17) is 11.5 Å². The average molecular weight is 327 g/mol. The van der Waals surface area contributed by atoms with Crippen LogP contribution in [0.15, 0.2) is 24.3 Å². The number of carbonyl (C=O) groups excluding carboxylic acids is 1. The van der Waals surface area contributed by atoms with Crippen LogP contribution in [0.2, 0.25) is 0 Å². The van der Waals surface area contributed by atoms with Crippen LogP contribution in [0.5, 0.6) is 0 Å². The van der Waals surface area contributed by atoms with Gasteiger partial charge in [0.2, 0.25) is 17.8 Å². The molecular formula is C16H21N7O. The molecule has 0 bridgehead atoms. The fourth-order valence-corrected chi connectivity index (χ4v) is 2.85. The fraction of sp³-hybridized carbons (Fsp3) is 0.375. The third-order valence-corrected chi connectivity index (χ3v) is 4.04. The SMILES string of the molecule is Cc1ccc(Nc2nc(N)nc(CN3CCC[C@@H]3C(N)=O)n2)cc1. The number of primary amides is 1. The number of likely N-dealkylation sites (tertiary alicyclic amines) is 1. The van der Waals surface area contributed by atoms with Gasteiger partial charge in [-0.2, -0.15) is 15.0 Å². The highest BCUT2D eigenvalue weighted by molar-refractivity contribution is 5.80. The molecule has 0 saturated carbocycles. The summed E-state index contributed by atoms with van der Waals surface area (Å²) in [5.41, 5.74) is 13.3. The molecule has 1 aromatic carbocycles. The summed E-state index contributed by atoms with van der Waals surface area (Å²) in [6, 6.07) is 7.61. The normalized spacial score (nSPS) is 17.8. The third kappa shape index (κ3) is 3.77. The molecule has 126 valence electrons. The summed E-state index contributed by atoms with van der Waals surface area (Å²) >= 11 is 0. The first-order valence-electron chi connectivity index (χ1n) is 7.89. The van der Waals surface area contributed by atoms with Gasteiger partial charge in [0.1, 0.15) is 5.82 Å². The van der Waals surface area contributed by atoms with E-state index in [1.807, 2.05) is 36.1 Å². The molecule has 0 spiro atoms. The Balaban J connectivity index is 1.76. The molecular weight excluding hydrogens is 306 g/mol. The minimum Gasteiger partial charge on any atom is -0.368 e. The summed E-state index contributed by atoms with van der Waals surface area (Å²) in [6.45, 7) is 3.23. The van der Waals surface area contributed by atoms with Gasteiger partial charge in [0.15, 0.2) is 0 Å². The van der Waals surface area contributed by atoms with Crippen molar-refractivity contribution < 1.29 is 4.79 Å². The first kappa shape index (κ1) is 16.1. The van der Waals surface area contributed by atoms with Crippen molar-refractivity contribution in [2.24, 2.45) is 5.73 Å². The molecule has 2 heterocycles. The molecule has 8 heteroatoms. The second kappa shape index (κ2) is 6.79. The van der Waals surface area contributed by atoms with Crippen LogP contribution in [0.3, 0.4) is 0 Å². The zero-order valence-electron chi connectivity index (χ0n) is 13.6. The van der Waals surface area contributed by atoms with Crippen molar-refractivity contribution in [1.82, 2.24) is 19.9 Å². The third-order valence-electron chi connectivity index (χ3n) is 4.04. The molecule has 0 radical (unpaired) electrons. The van der Waals surface area contributed by atoms with Crippen molar-refractivity contribution in [1.29, 1.82) is 0 Å². The van der Waals surface area contributed by atoms with Crippen LogP contribution >= 0.6 is 0 Å². The first-order valence-corrected chi connectivity index (χ1v) is 7.89. The Labute approximate surface area is 140 Å². The molecule has 0 unspecified atom stereocenters. The number of nitrogens with one attached hydrogen (secondary N) is 1. The van der Waals surface area contributed by atoms with Crippen LogP contribution in [-0.4, -0.2) is 38.3 Å². The van der Waals surface area contributed by atoms with Crippen molar-refractivity contribution >= 4 is 23.5 Å². The van der Waals surface area contributed by atoms with Crippen LogP contribution in [0.4, 0.5) is 17.6 Å². The van der Waals surface area contributed by atoms with Crippen LogP contribution in [0.1, 0.15) is 24.2 Å². The van der Waals surface area contributed by atoms with Gasteiger partial charge in [-0.25, -0.2) is 0 Å². The van der Waals surface area contributed by atoms with E-state index in [0.29, 0.717) is 18.3 Å². The number of nitrogens with two attached hydrogens (primary N) is 2. The monoisotopic (exact) mass is 327 g/mol. The lowest BCUT2D eigenvalue weighted by Crippen LogP contribution is -2.40. The Kier molecular flexibility index (Phi) is 4.57. The average Bonchev–Trinajstić information content (AvgIpc) is 2.97. The second-order valence-corrected chi connectivity index (χ2v) is 5.96. The summed E-state index contributed by atoms with van der Waals surface area (Å²) in [7, 11) is 0. The van der Waals surface area contributed by atoms with Gasteiger partial charge in [-0.3, -0.25) is 9.69 Å². The molecule has 1 atom stereocenters. The van der Waals surface area contributed by atoms with Crippen molar-refractivity contribution in [3.05, 3.63) is 35.7 Å². The lowest BCUT2D eigenvalue weighted by atomic mass is 10.2. The van der Waals surface area contributed by atoms with Crippen molar-refractivity contribution in [3.63, 3.8) is 0 Å². The van der Waals surface area contributed by atoms with Crippen molar-refractivity contribution in [2.45, 2.75) is 32.4 Å². The molecule has 8 nitrogen and oxygen atoms in total. The molecule has 1 aliphatic rings. The predicted octanol–water partition coefficient (Wildman–Crippen LogP) is 0.956. The predicted molar refractivity (Wildman–Crippen MR) is 91.3 cm³/mol. The zero-order valence-corrected chi connectivity index (χ0v) is 13.6. The van der Waals surface area contributed by atoms with Gasteiger partial charge < -0.3 is 16.8 Å².